The number of amides is 1. The number of hydrogen-bond acceptors (Lipinski definition) is 5. The van der Waals surface area contributed by atoms with E-state index in [-0.39, 0.29) is 19.3 Å². The first kappa shape index (κ1) is 12.9. The van der Waals surface area contributed by atoms with Crippen molar-refractivity contribution >= 4 is 5.91 Å². The molecule has 0 aliphatic carbocycles. The molecule has 4 rings (SSSR count). The van der Waals surface area contributed by atoms with Crippen molar-refractivity contribution in [2.45, 2.75) is 30.9 Å². The number of hydrogen-bond donors (Lipinski definition) is 2. The quantitative estimate of drug-likeness (QED) is 0.781. The predicted molar refractivity (Wildman–Crippen MR) is 72.0 cm³/mol. The van der Waals surface area contributed by atoms with Crippen molar-refractivity contribution in [2.75, 3.05) is 19.9 Å². The molecule has 6 heteroatoms. The number of carbonyl (C=O) groups excluding carboxylic acids is 1. The van der Waals surface area contributed by atoms with Gasteiger partial charge in [0.05, 0.1) is 12.5 Å². The zero-order valence-electron chi connectivity index (χ0n) is 11.5. The third kappa shape index (κ3) is 1.69. The Bertz CT molecular complexity index is 616. The Labute approximate surface area is 121 Å². The lowest BCUT2D eigenvalue weighted by atomic mass is 9.85. The highest BCUT2D eigenvalue weighted by molar-refractivity contribution is 5.80. The molecule has 2 N–H and O–H groups in total. The third-order valence-corrected chi connectivity index (χ3v) is 4.83. The SMILES string of the molecule is O=C1CC[C@]2(O)[C@@H](CO)c3cc4c(cc3CCN12)OCO4. The van der Waals surface area contributed by atoms with E-state index in [0.29, 0.717) is 37.3 Å². The highest BCUT2D eigenvalue weighted by Crippen LogP contribution is 2.46. The zero-order chi connectivity index (χ0) is 14.6. The number of nitrogens with zero attached hydrogens (tertiary/aromatic N) is 1. The minimum absolute atomic E-state index is 0.0520. The van der Waals surface area contributed by atoms with Gasteiger partial charge in [-0.05, 0) is 29.7 Å². The fraction of sp³-hybridized carbons (Fsp3) is 0.533. The first-order valence-electron chi connectivity index (χ1n) is 7.19. The Morgan fingerprint density at radius 3 is 2.81 bits per heavy atom. The second kappa shape index (κ2) is 4.35. The molecule has 0 spiro atoms. The van der Waals surface area contributed by atoms with Gasteiger partial charge in [-0.15, -0.1) is 0 Å². The molecular weight excluding hydrogens is 274 g/mol. The average molecular weight is 291 g/mol. The van der Waals surface area contributed by atoms with Gasteiger partial charge in [0, 0.05) is 19.4 Å². The smallest absolute Gasteiger partial charge is 0.231 e. The lowest BCUT2D eigenvalue weighted by Gasteiger charge is -2.37. The summed E-state index contributed by atoms with van der Waals surface area (Å²) in [7, 11) is 0. The number of rotatable bonds is 1. The fourth-order valence-corrected chi connectivity index (χ4v) is 3.72. The van der Waals surface area contributed by atoms with E-state index in [1.165, 1.54) is 4.90 Å². The van der Waals surface area contributed by atoms with Crippen LogP contribution in [0.15, 0.2) is 12.1 Å². The van der Waals surface area contributed by atoms with Crippen LogP contribution in [0.25, 0.3) is 0 Å². The number of benzene rings is 1. The Kier molecular flexibility index (Phi) is 2.68. The van der Waals surface area contributed by atoms with Gasteiger partial charge in [-0.25, -0.2) is 0 Å². The molecule has 112 valence electrons. The molecule has 0 bridgehead atoms. The van der Waals surface area contributed by atoms with Crippen molar-refractivity contribution in [1.29, 1.82) is 0 Å². The van der Waals surface area contributed by atoms with Crippen LogP contribution in [-0.2, 0) is 11.2 Å². The number of carbonyl (C=O) groups is 1. The van der Waals surface area contributed by atoms with Crippen molar-refractivity contribution in [1.82, 2.24) is 4.90 Å². The first-order chi connectivity index (χ1) is 10.1. The molecular formula is C15H17NO5. The molecule has 3 aliphatic heterocycles. The number of aliphatic hydroxyl groups is 2. The van der Waals surface area contributed by atoms with Gasteiger partial charge in [-0.3, -0.25) is 4.79 Å². The zero-order valence-corrected chi connectivity index (χ0v) is 11.5. The van der Waals surface area contributed by atoms with Crippen LogP contribution in [0.2, 0.25) is 0 Å². The second-order valence-electron chi connectivity index (χ2n) is 5.81. The summed E-state index contributed by atoms with van der Waals surface area (Å²) in [5, 5.41) is 20.8. The van der Waals surface area contributed by atoms with Crippen LogP contribution >= 0.6 is 0 Å². The van der Waals surface area contributed by atoms with Gasteiger partial charge in [-0.2, -0.15) is 0 Å². The van der Waals surface area contributed by atoms with Crippen molar-refractivity contribution < 1.29 is 24.5 Å². The van der Waals surface area contributed by atoms with Gasteiger partial charge in [0.25, 0.3) is 0 Å². The van der Waals surface area contributed by atoms with Gasteiger partial charge in [0.15, 0.2) is 11.5 Å². The topological polar surface area (TPSA) is 79.2 Å². The molecule has 0 radical (unpaired) electrons. The molecule has 0 unspecified atom stereocenters. The molecule has 3 aliphatic rings. The summed E-state index contributed by atoms with van der Waals surface area (Å²) < 4.78 is 10.8. The van der Waals surface area contributed by atoms with E-state index in [2.05, 4.69) is 0 Å². The van der Waals surface area contributed by atoms with Crippen molar-refractivity contribution in [2.24, 2.45) is 0 Å². The maximum Gasteiger partial charge on any atom is 0.231 e. The molecule has 1 fully saturated rings. The first-order valence-corrected chi connectivity index (χ1v) is 7.19. The minimum atomic E-state index is -1.30. The molecule has 0 aromatic heterocycles. The molecule has 3 heterocycles. The Morgan fingerprint density at radius 1 is 1.29 bits per heavy atom. The number of fused-ring (bicyclic) bond motifs is 3. The van der Waals surface area contributed by atoms with Crippen LogP contribution < -0.4 is 9.47 Å². The van der Waals surface area contributed by atoms with Gasteiger partial charge in [0.1, 0.15) is 5.72 Å². The molecule has 2 atom stereocenters. The van der Waals surface area contributed by atoms with Gasteiger partial charge < -0.3 is 24.6 Å². The average Bonchev–Trinajstić information content (AvgIpc) is 3.00. The van der Waals surface area contributed by atoms with Gasteiger partial charge >= 0.3 is 0 Å². The highest BCUT2D eigenvalue weighted by atomic mass is 16.7. The van der Waals surface area contributed by atoms with Crippen LogP contribution in [-0.4, -0.2) is 46.7 Å². The van der Waals surface area contributed by atoms with E-state index >= 15 is 0 Å². The van der Waals surface area contributed by atoms with Crippen LogP contribution in [0, 0.1) is 0 Å². The van der Waals surface area contributed by atoms with Crippen LogP contribution in [0.3, 0.4) is 0 Å². The van der Waals surface area contributed by atoms with E-state index < -0.39 is 11.6 Å². The van der Waals surface area contributed by atoms with Crippen LogP contribution in [0.5, 0.6) is 11.5 Å². The van der Waals surface area contributed by atoms with E-state index in [0.717, 1.165) is 11.1 Å². The fourth-order valence-electron chi connectivity index (χ4n) is 3.72. The van der Waals surface area contributed by atoms with Crippen LogP contribution in [0.4, 0.5) is 0 Å². The predicted octanol–water partition coefficient (Wildman–Crippen LogP) is 0.358. The molecule has 0 saturated carbocycles. The summed E-state index contributed by atoms with van der Waals surface area (Å²) in [5.74, 6) is 0.749. The van der Waals surface area contributed by atoms with Gasteiger partial charge in [-0.1, -0.05) is 0 Å². The molecule has 1 saturated heterocycles. The summed E-state index contributed by atoms with van der Waals surface area (Å²) in [6.07, 6.45) is 1.31. The summed E-state index contributed by atoms with van der Waals surface area (Å²) in [5.41, 5.74) is 0.542. The van der Waals surface area contributed by atoms with Gasteiger partial charge in [0.2, 0.25) is 12.7 Å². The van der Waals surface area contributed by atoms with E-state index in [1.807, 2.05) is 12.1 Å². The number of aliphatic hydroxyl groups excluding tert-OH is 1. The summed E-state index contributed by atoms with van der Waals surface area (Å²) >= 11 is 0. The van der Waals surface area contributed by atoms with E-state index in [9.17, 15) is 15.0 Å². The molecule has 1 aromatic carbocycles. The normalized spacial score (nSPS) is 30.1. The van der Waals surface area contributed by atoms with Crippen LogP contribution in [0.1, 0.15) is 29.9 Å². The van der Waals surface area contributed by atoms with Crippen molar-refractivity contribution in [3.63, 3.8) is 0 Å². The second-order valence-corrected chi connectivity index (χ2v) is 5.81. The summed E-state index contributed by atoms with van der Waals surface area (Å²) in [4.78, 5) is 13.5. The Balaban J connectivity index is 1.85. The maximum atomic E-state index is 12.0. The summed E-state index contributed by atoms with van der Waals surface area (Å²) in [6.45, 7) is 0.433. The highest BCUT2D eigenvalue weighted by Gasteiger charge is 2.51. The minimum Gasteiger partial charge on any atom is -0.454 e. The third-order valence-electron chi connectivity index (χ3n) is 4.83. The van der Waals surface area contributed by atoms with Crippen molar-refractivity contribution in [3.8, 4) is 11.5 Å². The molecule has 6 nitrogen and oxygen atoms in total. The lowest BCUT2D eigenvalue weighted by molar-refractivity contribution is -0.150. The standard InChI is InChI=1S/C15H17NO5/c17-7-11-10-6-13-12(20-8-21-13)5-9(10)2-4-16-14(18)1-3-15(11,16)19/h5-6,11,17,19H,1-4,7-8H2/t11-,15-/m0/s1. The largest absolute Gasteiger partial charge is 0.454 e. The molecule has 1 aromatic rings. The Hall–Kier alpha value is -1.79. The lowest BCUT2D eigenvalue weighted by Crippen LogP contribution is -2.50. The maximum absolute atomic E-state index is 12.0. The Morgan fingerprint density at radius 2 is 2.05 bits per heavy atom. The van der Waals surface area contributed by atoms with Crippen molar-refractivity contribution in [3.05, 3.63) is 23.3 Å². The number of ether oxygens (including phenoxy) is 2. The summed E-state index contributed by atoms with van der Waals surface area (Å²) in [6, 6.07) is 3.74. The monoisotopic (exact) mass is 291 g/mol. The van der Waals surface area contributed by atoms with E-state index in [1.54, 1.807) is 0 Å². The molecule has 1 amide bonds. The molecule has 21 heavy (non-hydrogen) atoms. The van der Waals surface area contributed by atoms with E-state index in [4.69, 9.17) is 9.47 Å².